The molecule has 4 unspecified atom stereocenters. The van der Waals surface area contributed by atoms with Crippen LogP contribution in [0.15, 0.2) is 0 Å². The maximum atomic E-state index is 14.4. The molecule has 4 N–H and O–H groups in total. The van der Waals surface area contributed by atoms with Gasteiger partial charge in [-0.1, -0.05) is 74.1 Å². The molecule has 0 aromatic heterocycles. The van der Waals surface area contributed by atoms with Gasteiger partial charge in [0.15, 0.2) is 0 Å². The van der Waals surface area contributed by atoms with E-state index in [0.717, 1.165) is 25.7 Å². The second kappa shape index (κ2) is 17.3. The Kier molecular flexibility index (Phi) is 14.9. The lowest BCUT2D eigenvalue weighted by atomic mass is 9.83. The molecule has 1 saturated carbocycles. The lowest BCUT2D eigenvalue weighted by molar-refractivity contribution is -0.144. The highest BCUT2D eigenvalue weighted by molar-refractivity contribution is 7.86. The molecule has 11 nitrogen and oxygen atoms in total. The summed E-state index contributed by atoms with van der Waals surface area (Å²) in [4.78, 5) is 69.5. The first-order chi connectivity index (χ1) is 22.6. The summed E-state index contributed by atoms with van der Waals surface area (Å²) >= 11 is 0. The van der Waals surface area contributed by atoms with Crippen LogP contribution in [0.3, 0.4) is 0 Å². The van der Waals surface area contributed by atoms with Crippen LogP contribution in [0, 0.1) is 29.1 Å². The van der Waals surface area contributed by atoms with Gasteiger partial charge in [0, 0.05) is 40.8 Å². The van der Waals surface area contributed by atoms with Gasteiger partial charge >= 0.3 is 6.03 Å². The maximum Gasteiger partial charge on any atom is 0.315 e. The Bertz CT molecular complexity index is 1270. The van der Waals surface area contributed by atoms with E-state index in [-0.39, 0.29) is 31.8 Å². The van der Waals surface area contributed by atoms with Crippen LogP contribution in [-0.2, 0) is 30.0 Å². The van der Waals surface area contributed by atoms with Gasteiger partial charge in [0.1, 0.15) is 12.1 Å². The van der Waals surface area contributed by atoms with Gasteiger partial charge in [-0.15, -0.1) is 12.3 Å². The molecule has 0 aromatic carbocycles. The summed E-state index contributed by atoms with van der Waals surface area (Å²) in [6, 6.07) is -3.46. The number of likely N-dealkylation sites (tertiary alicyclic amines) is 1. The first kappa shape index (κ1) is 42.2. The van der Waals surface area contributed by atoms with Crippen LogP contribution in [-0.4, -0.2) is 85.9 Å². The molecule has 0 spiro atoms. The van der Waals surface area contributed by atoms with E-state index in [1.165, 1.54) is 4.90 Å². The minimum Gasteiger partial charge on any atom is -0.348 e. The number of rotatable bonds is 14. The molecule has 2 aliphatic rings. The van der Waals surface area contributed by atoms with Crippen molar-refractivity contribution in [3.05, 3.63) is 0 Å². The Hall–Kier alpha value is -2.94. The van der Waals surface area contributed by atoms with Crippen molar-refractivity contribution >= 4 is 40.3 Å². The van der Waals surface area contributed by atoms with Gasteiger partial charge in [-0.2, -0.15) is 0 Å². The van der Waals surface area contributed by atoms with E-state index in [1.807, 2.05) is 69.2 Å². The van der Waals surface area contributed by atoms with Gasteiger partial charge in [-0.05, 0) is 63.2 Å². The zero-order valence-corrected chi connectivity index (χ0v) is 32.5. The fraction of sp³-hybridized carbons (Fsp3) is 0.811. The van der Waals surface area contributed by atoms with Crippen LogP contribution < -0.4 is 21.3 Å². The average molecular weight is 706 g/mol. The van der Waals surface area contributed by atoms with E-state index in [0.29, 0.717) is 25.0 Å². The predicted octanol–water partition coefficient (Wildman–Crippen LogP) is 4.21. The standard InChI is InChI=1S/C37H63N5O6S/c1-12-14-20-38-31(45)28(43)26(21-25(3)13-2)39-30(44)27-22-36(10,11)23-42(27)32(46)29(34(4,5)6)40-33(47)41-37(18-16-15-17-19-37)24-49(48)35(7,8)9/h1,25-27,29H,13-24H2,2-11H3,(H,38,45)(H,39,44)(H2,40,41,47)/t25?,26?,27-,29?,49?/m0/s1. The van der Waals surface area contributed by atoms with E-state index in [1.54, 1.807) is 0 Å². The number of carbonyl (C=O) groups is 5. The van der Waals surface area contributed by atoms with Gasteiger partial charge in [0.25, 0.3) is 5.91 Å². The molecule has 1 heterocycles. The Morgan fingerprint density at radius 2 is 1.61 bits per heavy atom. The molecule has 2 rings (SSSR count). The van der Waals surface area contributed by atoms with Crippen molar-refractivity contribution in [2.24, 2.45) is 16.7 Å². The van der Waals surface area contributed by atoms with E-state index >= 15 is 0 Å². The summed E-state index contributed by atoms with van der Waals surface area (Å²) in [5.74, 6) is 0.315. The Balaban J connectivity index is 2.33. The molecule has 5 atom stereocenters. The monoisotopic (exact) mass is 705 g/mol. The molecule has 5 amide bonds. The van der Waals surface area contributed by atoms with Gasteiger partial charge < -0.3 is 26.2 Å². The van der Waals surface area contributed by atoms with Crippen molar-refractivity contribution < 1.29 is 28.2 Å². The molecule has 0 bridgehead atoms. The highest BCUT2D eigenvalue weighted by atomic mass is 32.2. The van der Waals surface area contributed by atoms with Gasteiger partial charge in [0.05, 0.1) is 11.6 Å². The Morgan fingerprint density at radius 3 is 2.14 bits per heavy atom. The molecule has 1 saturated heterocycles. The molecule has 0 aromatic rings. The second-order valence-electron chi connectivity index (χ2n) is 17.1. The first-order valence-corrected chi connectivity index (χ1v) is 19.2. The summed E-state index contributed by atoms with van der Waals surface area (Å²) in [6.07, 6.45) is 11.2. The number of hydrogen-bond donors (Lipinski definition) is 4. The molecule has 1 aliphatic heterocycles. The lowest BCUT2D eigenvalue weighted by Crippen LogP contribution is -2.63. The maximum absolute atomic E-state index is 14.4. The lowest BCUT2D eigenvalue weighted by Gasteiger charge is -2.41. The normalized spacial score (nSPS) is 21.3. The quantitative estimate of drug-likeness (QED) is 0.121. The van der Waals surface area contributed by atoms with E-state index in [2.05, 4.69) is 27.2 Å². The number of urea groups is 1. The molecular weight excluding hydrogens is 643 g/mol. The average Bonchev–Trinajstić information content (AvgIpc) is 3.33. The minimum absolute atomic E-state index is 0.0479. The van der Waals surface area contributed by atoms with Crippen molar-refractivity contribution in [3.8, 4) is 12.3 Å². The minimum atomic E-state index is -1.19. The zero-order valence-electron chi connectivity index (χ0n) is 31.7. The Labute approximate surface area is 297 Å². The topological polar surface area (TPSA) is 154 Å². The first-order valence-electron chi connectivity index (χ1n) is 17.9. The smallest absolute Gasteiger partial charge is 0.315 e. The molecule has 1 aliphatic carbocycles. The number of nitrogens with one attached hydrogen (secondary N) is 4. The number of Topliss-reactive ketones (excluding diaryl/α,β-unsaturated/α-hetero) is 1. The summed E-state index contributed by atoms with van der Waals surface area (Å²) in [5.41, 5.74) is -1.79. The fourth-order valence-electron chi connectivity index (χ4n) is 6.52. The van der Waals surface area contributed by atoms with Gasteiger partial charge in [0.2, 0.25) is 17.6 Å². The molecule has 278 valence electrons. The number of carbonyl (C=O) groups excluding carboxylic acids is 5. The molecular formula is C37H63N5O6S. The van der Waals surface area contributed by atoms with E-state index in [9.17, 15) is 28.2 Å². The van der Waals surface area contributed by atoms with Crippen LogP contribution in [0.25, 0.3) is 0 Å². The van der Waals surface area contributed by atoms with E-state index < -0.39 is 79.6 Å². The van der Waals surface area contributed by atoms with Crippen LogP contribution in [0.4, 0.5) is 4.79 Å². The van der Waals surface area contributed by atoms with Crippen molar-refractivity contribution in [1.82, 2.24) is 26.2 Å². The van der Waals surface area contributed by atoms with Crippen molar-refractivity contribution in [3.63, 3.8) is 0 Å². The van der Waals surface area contributed by atoms with Gasteiger partial charge in [-0.25, -0.2) is 4.79 Å². The van der Waals surface area contributed by atoms with Crippen molar-refractivity contribution in [2.75, 3.05) is 18.8 Å². The van der Waals surface area contributed by atoms with Crippen LogP contribution >= 0.6 is 0 Å². The molecule has 0 radical (unpaired) electrons. The third-order valence-corrected chi connectivity index (χ3v) is 11.9. The third kappa shape index (κ3) is 12.4. The Morgan fingerprint density at radius 1 is 1.00 bits per heavy atom. The number of nitrogens with zero attached hydrogens (tertiary/aromatic N) is 1. The third-order valence-electron chi connectivity index (χ3n) is 9.72. The molecule has 12 heteroatoms. The molecule has 2 fully saturated rings. The van der Waals surface area contributed by atoms with E-state index in [4.69, 9.17) is 6.42 Å². The fourth-order valence-corrected chi connectivity index (χ4v) is 7.82. The summed E-state index contributed by atoms with van der Waals surface area (Å²) in [6.45, 7) is 19.6. The zero-order chi connectivity index (χ0) is 37.4. The van der Waals surface area contributed by atoms with Crippen molar-refractivity contribution in [1.29, 1.82) is 0 Å². The number of ketones is 1. The van der Waals surface area contributed by atoms with Crippen LogP contribution in [0.2, 0.25) is 0 Å². The highest BCUT2D eigenvalue weighted by Crippen LogP contribution is 2.36. The number of amides is 5. The van der Waals surface area contributed by atoms with Crippen molar-refractivity contribution in [2.45, 2.75) is 155 Å². The summed E-state index contributed by atoms with van der Waals surface area (Å²) in [7, 11) is -1.19. The predicted molar refractivity (Wildman–Crippen MR) is 195 cm³/mol. The summed E-state index contributed by atoms with van der Waals surface area (Å²) < 4.78 is 12.8. The second-order valence-corrected chi connectivity index (χ2v) is 19.3. The number of hydrogen-bond acceptors (Lipinski definition) is 6. The largest absolute Gasteiger partial charge is 0.348 e. The SMILES string of the molecule is C#CCCNC(=O)C(=O)C(CC(C)CC)NC(=O)[C@@H]1CC(C)(C)CN1C(=O)C(NC(=O)NC1(CS(=O)C(C)(C)C)CCCCC1)C(C)(C)C. The van der Waals surface area contributed by atoms with Crippen LogP contribution in [0.5, 0.6) is 0 Å². The van der Waals surface area contributed by atoms with Gasteiger partial charge in [-0.3, -0.25) is 23.4 Å². The highest BCUT2D eigenvalue weighted by Gasteiger charge is 2.49. The summed E-state index contributed by atoms with van der Waals surface area (Å²) in [5, 5.41) is 11.4. The van der Waals surface area contributed by atoms with Crippen LogP contribution in [0.1, 0.15) is 127 Å². The molecule has 49 heavy (non-hydrogen) atoms. The number of terminal acetylenes is 1.